The molecule has 2 aliphatic rings. The number of benzene rings is 1. The Bertz CT molecular complexity index is 711. The first kappa shape index (κ1) is 15.4. The van der Waals surface area contributed by atoms with Gasteiger partial charge in [0.25, 0.3) is 5.69 Å². The van der Waals surface area contributed by atoms with E-state index in [1.165, 1.54) is 22.5 Å². The summed E-state index contributed by atoms with van der Waals surface area (Å²) in [5.41, 5.74) is 0.336. The molecule has 0 radical (unpaired) electrons. The number of hydrogen-bond acceptors (Lipinski definition) is 5. The fourth-order valence-corrected chi connectivity index (χ4v) is 4.91. The van der Waals surface area contributed by atoms with Crippen LogP contribution in [0.25, 0.3) is 0 Å². The maximum Gasteiger partial charge on any atom is 0.273 e. The van der Waals surface area contributed by atoms with Gasteiger partial charge in [-0.3, -0.25) is 10.1 Å². The smallest absolute Gasteiger partial charge is 0.273 e. The van der Waals surface area contributed by atoms with E-state index < -0.39 is 14.9 Å². The first-order valence-electron chi connectivity index (χ1n) is 7.30. The monoisotopic (exact) mass is 325 g/mol. The number of nitrogens with zero attached hydrogens (tertiary/aromatic N) is 2. The van der Waals surface area contributed by atoms with Gasteiger partial charge >= 0.3 is 0 Å². The second kappa shape index (κ2) is 5.29. The zero-order valence-corrected chi connectivity index (χ0v) is 13.2. The SMILES string of the molecule is Cc1ccc(S(=O)(=O)N2CCC3(CCNC3)C2)cc1[N+](=O)[O-]. The first-order chi connectivity index (χ1) is 10.3. The fourth-order valence-electron chi connectivity index (χ4n) is 3.34. The number of aryl methyl sites for hydroxylation is 1. The molecule has 1 unspecified atom stereocenters. The lowest BCUT2D eigenvalue weighted by atomic mass is 9.87. The highest BCUT2D eigenvalue weighted by molar-refractivity contribution is 7.89. The van der Waals surface area contributed by atoms with Crippen LogP contribution in [0.1, 0.15) is 18.4 Å². The predicted octanol–water partition coefficient (Wildman–Crippen LogP) is 1.28. The van der Waals surface area contributed by atoms with E-state index in [2.05, 4.69) is 5.32 Å². The highest BCUT2D eigenvalue weighted by Crippen LogP contribution is 2.38. The molecule has 1 spiro atoms. The van der Waals surface area contributed by atoms with E-state index in [1.54, 1.807) is 6.92 Å². The Morgan fingerprint density at radius 2 is 2.14 bits per heavy atom. The molecule has 2 fully saturated rings. The molecule has 3 rings (SSSR count). The Morgan fingerprint density at radius 1 is 1.36 bits per heavy atom. The maximum absolute atomic E-state index is 12.7. The van der Waals surface area contributed by atoms with Crippen LogP contribution in [-0.4, -0.2) is 43.8 Å². The van der Waals surface area contributed by atoms with Crippen LogP contribution >= 0.6 is 0 Å². The van der Waals surface area contributed by atoms with Crippen LogP contribution in [0.4, 0.5) is 5.69 Å². The molecular formula is C14H19N3O4S. The van der Waals surface area contributed by atoms with E-state index in [1.807, 2.05) is 0 Å². The van der Waals surface area contributed by atoms with Gasteiger partial charge in [0, 0.05) is 31.3 Å². The predicted molar refractivity (Wildman–Crippen MR) is 81.1 cm³/mol. The number of rotatable bonds is 3. The Kier molecular flexibility index (Phi) is 3.70. The highest BCUT2D eigenvalue weighted by Gasteiger charge is 2.44. The second-order valence-electron chi connectivity index (χ2n) is 6.22. The molecule has 1 aromatic carbocycles. The second-order valence-corrected chi connectivity index (χ2v) is 8.16. The highest BCUT2D eigenvalue weighted by atomic mass is 32.2. The van der Waals surface area contributed by atoms with Crippen LogP contribution in [0, 0.1) is 22.5 Å². The van der Waals surface area contributed by atoms with Crippen LogP contribution in [0.3, 0.4) is 0 Å². The quantitative estimate of drug-likeness (QED) is 0.667. The largest absolute Gasteiger partial charge is 0.316 e. The summed E-state index contributed by atoms with van der Waals surface area (Å²) in [7, 11) is -3.67. The summed E-state index contributed by atoms with van der Waals surface area (Å²) in [5.74, 6) is 0. The molecule has 1 atom stereocenters. The Hall–Kier alpha value is -1.51. The number of nitro benzene ring substituents is 1. The van der Waals surface area contributed by atoms with Crippen molar-refractivity contribution in [3.05, 3.63) is 33.9 Å². The third kappa shape index (κ3) is 2.51. The van der Waals surface area contributed by atoms with Gasteiger partial charge < -0.3 is 5.32 Å². The van der Waals surface area contributed by atoms with Crippen molar-refractivity contribution in [3.8, 4) is 0 Å². The van der Waals surface area contributed by atoms with E-state index in [0.717, 1.165) is 25.9 Å². The zero-order valence-electron chi connectivity index (χ0n) is 12.4. The molecule has 22 heavy (non-hydrogen) atoms. The molecule has 0 aromatic heterocycles. The normalized spacial score (nSPS) is 25.9. The molecule has 2 aliphatic heterocycles. The molecule has 2 saturated heterocycles. The minimum atomic E-state index is -3.67. The number of nitrogens with one attached hydrogen (secondary N) is 1. The molecule has 0 amide bonds. The molecule has 1 aromatic rings. The lowest BCUT2D eigenvalue weighted by Gasteiger charge is -2.22. The first-order valence-corrected chi connectivity index (χ1v) is 8.74. The Labute approximate surface area is 129 Å². The van der Waals surface area contributed by atoms with Crippen LogP contribution < -0.4 is 5.32 Å². The molecule has 8 heteroatoms. The van der Waals surface area contributed by atoms with Crippen molar-refractivity contribution in [1.29, 1.82) is 0 Å². The van der Waals surface area contributed by atoms with Gasteiger partial charge in [0.2, 0.25) is 10.0 Å². The topological polar surface area (TPSA) is 92.6 Å². The summed E-state index contributed by atoms with van der Waals surface area (Å²) in [6.07, 6.45) is 1.82. The van der Waals surface area contributed by atoms with Gasteiger partial charge in [-0.05, 0) is 37.8 Å². The van der Waals surface area contributed by atoms with Crippen LogP contribution in [0.2, 0.25) is 0 Å². The maximum atomic E-state index is 12.7. The minimum absolute atomic E-state index is 0.00723. The number of hydrogen-bond donors (Lipinski definition) is 1. The van der Waals surface area contributed by atoms with Crippen LogP contribution in [-0.2, 0) is 10.0 Å². The zero-order chi connectivity index (χ0) is 16.0. The third-order valence-electron chi connectivity index (χ3n) is 4.75. The van der Waals surface area contributed by atoms with Crippen molar-refractivity contribution in [2.75, 3.05) is 26.2 Å². The van der Waals surface area contributed by atoms with Crippen molar-refractivity contribution in [2.45, 2.75) is 24.7 Å². The summed E-state index contributed by atoms with van der Waals surface area (Å²) in [6, 6.07) is 4.12. The molecular weight excluding hydrogens is 306 g/mol. The van der Waals surface area contributed by atoms with Crippen molar-refractivity contribution >= 4 is 15.7 Å². The molecule has 2 heterocycles. The van der Waals surface area contributed by atoms with E-state index in [-0.39, 0.29) is 16.0 Å². The fraction of sp³-hybridized carbons (Fsp3) is 0.571. The molecule has 0 saturated carbocycles. The van der Waals surface area contributed by atoms with Gasteiger partial charge in [-0.1, -0.05) is 6.07 Å². The number of nitro groups is 1. The van der Waals surface area contributed by atoms with Gasteiger partial charge in [0.1, 0.15) is 0 Å². The van der Waals surface area contributed by atoms with E-state index in [4.69, 9.17) is 0 Å². The average Bonchev–Trinajstić information content (AvgIpc) is 3.10. The van der Waals surface area contributed by atoms with Gasteiger partial charge in [-0.15, -0.1) is 0 Å². The Balaban J connectivity index is 1.91. The average molecular weight is 325 g/mol. The van der Waals surface area contributed by atoms with Crippen molar-refractivity contribution in [3.63, 3.8) is 0 Å². The minimum Gasteiger partial charge on any atom is -0.316 e. The van der Waals surface area contributed by atoms with Gasteiger partial charge in [0.15, 0.2) is 0 Å². The summed E-state index contributed by atoms with van der Waals surface area (Å²) in [4.78, 5) is 10.5. The molecule has 7 nitrogen and oxygen atoms in total. The molecule has 120 valence electrons. The van der Waals surface area contributed by atoms with E-state index >= 15 is 0 Å². The molecule has 0 bridgehead atoms. The van der Waals surface area contributed by atoms with Crippen molar-refractivity contribution in [2.24, 2.45) is 5.41 Å². The third-order valence-corrected chi connectivity index (χ3v) is 6.59. The van der Waals surface area contributed by atoms with Crippen molar-refractivity contribution in [1.82, 2.24) is 9.62 Å². The molecule has 1 N–H and O–H groups in total. The Morgan fingerprint density at radius 3 is 2.77 bits per heavy atom. The molecule has 0 aliphatic carbocycles. The van der Waals surface area contributed by atoms with Gasteiger partial charge in [0.05, 0.1) is 9.82 Å². The van der Waals surface area contributed by atoms with Crippen molar-refractivity contribution < 1.29 is 13.3 Å². The summed E-state index contributed by atoms with van der Waals surface area (Å²) in [6.45, 7) is 4.33. The van der Waals surface area contributed by atoms with Gasteiger partial charge in [-0.2, -0.15) is 4.31 Å². The lowest BCUT2D eigenvalue weighted by Crippen LogP contribution is -2.33. The summed E-state index contributed by atoms with van der Waals surface area (Å²) < 4.78 is 27.0. The standard InChI is InChI=1S/C14H19N3O4S/c1-11-2-3-12(8-13(11)17(18)19)22(20,21)16-7-5-14(10-16)4-6-15-9-14/h2-3,8,15H,4-7,9-10H2,1H3. The summed E-state index contributed by atoms with van der Waals surface area (Å²) >= 11 is 0. The van der Waals surface area contributed by atoms with E-state index in [9.17, 15) is 18.5 Å². The van der Waals surface area contributed by atoms with Gasteiger partial charge in [-0.25, -0.2) is 8.42 Å². The van der Waals surface area contributed by atoms with Crippen LogP contribution in [0.5, 0.6) is 0 Å². The summed E-state index contributed by atoms with van der Waals surface area (Å²) in [5, 5.41) is 14.3. The lowest BCUT2D eigenvalue weighted by molar-refractivity contribution is -0.385. The van der Waals surface area contributed by atoms with E-state index in [0.29, 0.717) is 18.7 Å². The van der Waals surface area contributed by atoms with Crippen LogP contribution in [0.15, 0.2) is 23.1 Å². The number of sulfonamides is 1.